The number of H-pyrrole nitrogens is 1. The predicted molar refractivity (Wildman–Crippen MR) is 89.9 cm³/mol. The van der Waals surface area contributed by atoms with Crippen LogP contribution in [0, 0.1) is 13.8 Å². The molecular weight excluding hydrogens is 284 g/mol. The molecule has 1 unspecified atom stereocenters. The molecule has 0 saturated heterocycles. The maximum atomic E-state index is 4.05. The summed E-state index contributed by atoms with van der Waals surface area (Å²) in [6, 6.07) is 9.15. The highest BCUT2D eigenvalue weighted by atomic mass is 35.5. The third-order valence-electron chi connectivity index (χ3n) is 3.67. The lowest BCUT2D eigenvalue weighted by Gasteiger charge is -2.25. The van der Waals surface area contributed by atoms with Crippen molar-refractivity contribution in [3.05, 3.63) is 52.8 Å². The molecule has 0 aliphatic carbocycles. The molecule has 0 aliphatic rings. The second-order valence-corrected chi connectivity index (χ2v) is 5.54. The van der Waals surface area contributed by atoms with E-state index in [1.165, 1.54) is 16.7 Å². The maximum absolute atomic E-state index is 4.05. The zero-order valence-electron chi connectivity index (χ0n) is 13.2. The van der Waals surface area contributed by atoms with Gasteiger partial charge in [0.15, 0.2) is 0 Å². The number of nitrogens with zero attached hydrogens (tertiary/aromatic N) is 2. The summed E-state index contributed by atoms with van der Waals surface area (Å²) in [6.07, 6.45) is 1.89. The van der Waals surface area contributed by atoms with Crippen LogP contribution in [0.4, 0.5) is 0 Å². The zero-order valence-corrected chi connectivity index (χ0v) is 14.0. The quantitative estimate of drug-likeness (QED) is 0.862. The Kier molecular flexibility index (Phi) is 6.89. The number of aromatic amines is 1. The van der Waals surface area contributed by atoms with Crippen molar-refractivity contribution >= 4 is 12.4 Å². The van der Waals surface area contributed by atoms with Gasteiger partial charge in [-0.25, -0.2) is 0 Å². The number of aryl methyl sites for hydroxylation is 2. The van der Waals surface area contributed by atoms with Crippen LogP contribution in [-0.2, 0) is 6.54 Å². The first-order valence-corrected chi connectivity index (χ1v) is 7.00. The molecule has 2 aromatic rings. The summed E-state index contributed by atoms with van der Waals surface area (Å²) in [6.45, 7) is 5.93. The molecule has 0 spiro atoms. The maximum Gasteiger partial charge on any atom is 0.0535 e. The van der Waals surface area contributed by atoms with Crippen molar-refractivity contribution < 1.29 is 0 Å². The van der Waals surface area contributed by atoms with Crippen LogP contribution in [0.2, 0.25) is 0 Å². The Labute approximate surface area is 133 Å². The highest BCUT2D eigenvalue weighted by molar-refractivity contribution is 5.85. The van der Waals surface area contributed by atoms with Gasteiger partial charge >= 0.3 is 0 Å². The average molecular weight is 309 g/mol. The van der Waals surface area contributed by atoms with Crippen LogP contribution >= 0.6 is 12.4 Å². The topological polar surface area (TPSA) is 44.0 Å². The standard InChI is InChI=1S/C16H24N4.ClH/c1-12-5-7-14(8-6-12)16(20(3)4)11-17-9-15-10-18-19-13(15)2;/h5-8,10,16-17H,9,11H2,1-4H3,(H,18,19);1H. The van der Waals surface area contributed by atoms with Gasteiger partial charge in [0.05, 0.1) is 6.20 Å². The first kappa shape index (κ1) is 17.7. The van der Waals surface area contributed by atoms with Crippen LogP contribution < -0.4 is 5.32 Å². The molecule has 1 aromatic carbocycles. The van der Waals surface area contributed by atoms with Crippen LogP contribution in [0.1, 0.15) is 28.4 Å². The predicted octanol–water partition coefficient (Wildman–Crippen LogP) is 2.84. The summed E-state index contributed by atoms with van der Waals surface area (Å²) in [5.41, 5.74) is 5.01. The van der Waals surface area contributed by atoms with Gasteiger partial charge in [-0.3, -0.25) is 5.10 Å². The van der Waals surface area contributed by atoms with Gasteiger partial charge in [0.25, 0.3) is 0 Å². The lowest BCUT2D eigenvalue weighted by Crippen LogP contribution is -2.30. The molecule has 0 amide bonds. The molecule has 0 aliphatic heterocycles. The van der Waals surface area contributed by atoms with Gasteiger partial charge in [-0.15, -0.1) is 12.4 Å². The Morgan fingerprint density at radius 2 is 1.86 bits per heavy atom. The van der Waals surface area contributed by atoms with Crippen molar-refractivity contribution in [2.45, 2.75) is 26.4 Å². The zero-order chi connectivity index (χ0) is 14.5. The van der Waals surface area contributed by atoms with E-state index in [0.29, 0.717) is 6.04 Å². The molecule has 5 heteroatoms. The fraction of sp³-hybridized carbons (Fsp3) is 0.438. The molecule has 4 nitrogen and oxygen atoms in total. The van der Waals surface area contributed by atoms with Crippen LogP contribution in [0.25, 0.3) is 0 Å². The number of nitrogens with one attached hydrogen (secondary N) is 2. The average Bonchev–Trinajstić information content (AvgIpc) is 2.81. The lowest BCUT2D eigenvalue weighted by molar-refractivity contribution is 0.288. The monoisotopic (exact) mass is 308 g/mol. The summed E-state index contributed by atoms with van der Waals surface area (Å²) in [4.78, 5) is 2.25. The van der Waals surface area contributed by atoms with E-state index >= 15 is 0 Å². The van der Waals surface area contributed by atoms with Crippen molar-refractivity contribution in [2.24, 2.45) is 0 Å². The van der Waals surface area contributed by atoms with E-state index in [1.54, 1.807) is 0 Å². The molecule has 21 heavy (non-hydrogen) atoms. The molecule has 0 fully saturated rings. The van der Waals surface area contributed by atoms with Crippen LogP contribution in [0.15, 0.2) is 30.5 Å². The Balaban J connectivity index is 0.00000220. The number of rotatable bonds is 6. The van der Waals surface area contributed by atoms with Gasteiger partial charge in [0.2, 0.25) is 0 Å². The van der Waals surface area contributed by atoms with Gasteiger partial charge in [-0.05, 0) is 33.5 Å². The van der Waals surface area contributed by atoms with Crippen molar-refractivity contribution in [3.63, 3.8) is 0 Å². The normalized spacial score (nSPS) is 12.2. The second-order valence-electron chi connectivity index (χ2n) is 5.54. The Morgan fingerprint density at radius 3 is 2.38 bits per heavy atom. The third kappa shape index (κ3) is 4.84. The molecular formula is C16H25ClN4. The van der Waals surface area contributed by atoms with Crippen molar-refractivity contribution in [1.29, 1.82) is 0 Å². The van der Waals surface area contributed by atoms with Gasteiger partial charge < -0.3 is 10.2 Å². The van der Waals surface area contributed by atoms with E-state index in [9.17, 15) is 0 Å². The summed E-state index contributed by atoms with van der Waals surface area (Å²) in [7, 11) is 4.24. The van der Waals surface area contributed by atoms with Gasteiger partial charge in [-0.2, -0.15) is 5.10 Å². The smallest absolute Gasteiger partial charge is 0.0535 e. The molecule has 0 bridgehead atoms. The van der Waals surface area contributed by atoms with E-state index in [-0.39, 0.29) is 12.4 Å². The van der Waals surface area contributed by atoms with E-state index < -0.39 is 0 Å². The Hall–Kier alpha value is -1.36. The van der Waals surface area contributed by atoms with Crippen LogP contribution in [0.3, 0.4) is 0 Å². The molecule has 2 N–H and O–H groups in total. The summed E-state index contributed by atoms with van der Waals surface area (Å²) >= 11 is 0. The highest BCUT2D eigenvalue weighted by Crippen LogP contribution is 2.18. The first-order valence-electron chi connectivity index (χ1n) is 7.00. The molecule has 0 saturated carbocycles. The molecule has 1 aromatic heterocycles. The largest absolute Gasteiger partial charge is 0.311 e. The number of aromatic nitrogens is 2. The molecule has 1 heterocycles. The third-order valence-corrected chi connectivity index (χ3v) is 3.67. The fourth-order valence-electron chi connectivity index (χ4n) is 2.28. The van der Waals surface area contributed by atoms with Crippen molar-refractivity contribution in [2.75, 3.05) is 20.6 Å². The number of likely N-dealkylation sites (N-methyl/N-ethyl adjacent to an activating group) is 1. The second kappa shape index (κ2) is 8.17. The number of hydrogen-bond acceptors (Lipinski definition) is 3. The van der Waals surface area contributed by atoms with Crippen LogP contribution in [0.5, 0.6) is 0 Å². The van der Waals surface area contributed by atoms with E-state index in [0.717, 1.165) is 18.8 Å². The molecule has 116 valence electrons. The van der Waals surface area contributed by atoms with Gasteiger partial charge in [0, 0.05) is 30.4 Å². The number of hydrogen-bond donors (Lipinski definition) is 2. The van der Waals surface area contributed by atoms with Crippen LogP contribution in [-0.4, -0.2) is 35.7 Å². The lowest BCUT2D eigenvalue weighted by atomic mass is 10.0. The number of benzene rings is 1. The van der Waals surface area contributed by atoms with E-state index in [1.807, 2.05) is 13.1 Å². The minimum Gasteiger partial charge on any atom is -0.311 e. The first-order chi connectivity index (χ1) is 9.58. The van der Waals surface area contributed by atoms with E-state index in [2.05, 4.69) is 65.7 Å². The van der Waals surface area contributed by atoms with Crippen molar-refractivity contribution in [1.82, 2.24) is 20.4 Å². The SMILES string of the molecule is Cc1ccc(C(CNCc2cn[nH]c2C)N(C)C)cc1.Cl. The summed E-state index contributed by atoms with van der Waals surface area (Å²) in [5, 5.41) is 10.5. The van der Waals surface area contributed by atoms with Gasteiger partial charge in [0.1, 0.15) is 0 Å². The Bertz CT molecular complexity index is 533. The minimum atomic E-state index is 0. The van der Waals surface area contributed by atoms with E-state index in [4.69, 9.17) is 0 Å². The summed E-state index contributed by atoms with van der Waals surface area (Å²) in [5.74, 6) is 0. The highest BCUT2D eigenvalue weighted by Gasteiger charge is 2.13. The molecule has 1 atom stereocenters. The minimum absolute atomic E-state index is 0. The summed E-state index contributed by atoms with van der Waals surface area (Å²) < 4.78 is 0. The number of halogens is 1. The molecule has 0 radical (unpaired) electrons. The Morgan fingerprint density at radius 1 is 1.19 bits per heavy atom. The molecule has 2 rings (SSSR count). The fourth-order valence-corrected chi connectivity index (χ4v) is 2.28. The van der Waals surface area contributed by atoms with Crippen molar-refractivity contribution in [3.8, 4) is 0 Å². The van der Waals surface area contributed by atoms with Gasteiger partial charge in [-0.1, -0.05) is 29.8 Å².